The molecule has 2 rings (SSSR count). The molecule has 7 heteroatoms. The summed E-state index contributed by atoms with van der Waals surface area (Å²) in [7, 11) is 0. The SMILES string of the molecule is CCN(CC)c1ncc(CNCc2ncn[nH]2)s1. The molecule has 0 fully saturated rings. The third-order valence-electron chi connectivity index (χ3n) is 2.63. The highest BCUT2D eigenvalue weighted by Crippen LogP contribution is 2.21. The van der Waals surface area contributed by atoms with Crippen molar-refractivity contribution in [1.82, 2.24) is 25.5 Å². The van der Waals surface area contributed by atoms with Crippen LogP contribution in [0.2, 0.25) is 0 Å². The maximum absolute atomic E-state index is 4.44. The number of thiazole rings is 1. The second-order valence-electron chi connectivity index (χ2n) is 3.82. The largest absolute Gasteiger partial charge is 0.349 e. The number of H-pyrrole nitrogens is 1. The van der Waals surface area contributed by atoms with Crippen LogP contribution >= 0.6 is 11.3 Å². The van der Waals surface area contributed by atoms with Crippen molar-refractivity contribution < 1.29 is 0 Å². The van der Waals surface area contributed by atoms with Gasteiger partial charge in [0.2, 0.25) is 0 Å². The summed E-state index contributed by atoms with van der Waals surface area (Å²) in [4.78, 5) is 12.0. The summed E-state index contributed by atoms with van der Waals surface area (Å²) in [5.74, 6) is 0.850. The molecule has 0 radical (unpaired) electrons. The predicted octanol–water partition coefficient (Wildman–Crippen LogP) is 1.40. The van der Waals surface area contributed by atoms with E-state index in [0.29, 0.717) is 6.54 Å². The van der Waals surface area contributed by atoms with Crippen molar-refractivity contribution in [2.24, 2.45) is 0 Å². The molecule has 0 saturated carbocycles. The van der Waals surface area contributed by atoms with Gasteiger partial charge in [-0.15, -0.1) is 11.3 Å². The van der Waals surface area contributed by atoms with Crippen molar-refractivity contribution in [2.75, 3.05) is 18.0 Å². The van der Waals surface area contributed by atoms with Gasteiger partial charge in [-0.3, -0.25) is 5.10 Å². The van der Waals surface area contributed by atoms with Gasteiger partial charge in [-0.1, -0.05) is 0 Å². The third-order valence-corrected chi connectivity index (χ3v) is 3.69. The first kappa shape index (κ1) is 13.0. The van der Waals surface area contributed by atoms with Crippen LogP contribution in [0.1, 0.15) is 24.5 Å². The van der Waals surface area contributed by atoms with E-state index in [9.17, 15) is 0 Å². The minimum absolute atomic E-state index is 0.693. The summed E-state index contributed by atoms with van der Waals surface area (Å²) in [5.41, 5.74) is 0. The summed E-state index contributed by atoms with van der Waals surface area (Å²) in [6, 6.07) is 0. The average molecular weight is 266 g/mol. The van der Waals surface area contributed by atoms with Gasteiger partial charge in [0.25, 0.3) is 0 Å². The van der Waals surface area contributed by atoms with Crippen LogP contribution in [0.4, 0.5) is 5.13 Å². The first-order valence-electron chi connectivity index (χ1n) is 6.08. The molecule has 0 aliphatic heterocycles. The number of aromatic nitrogens is 4. The molecule has 0 saturated heterocycles. The molecule has 0 amide bonds. The zero-order valence-electron chi connectivity index (χ0n) is 10.7. The van der Waals surface area contributed by atoms with Crippen molar-refractivity contribution in [3.63, 3.8) is 0 Å². The van der Waals surface area contributed by atoms with E-state index < -0.39 is 0 Å². The molecule has 0 aliphatic rings. The smallest absolute Gasteiger partial charge is 0.185 e. The monoisotopic (exact) mass is 266 g/mol. The number of rotatable bonds is 7. The molecule has 2 N–H and O–H groups in total. The lowest BCUT2D eigenvalue weighted by molar-refractivity contribution is 0.670. The minimum Gasteiger partial charge on any atom is -0.349 e. The number of anilines is 1. The fourth-order valence-corrected chi connectivity index (χ4v) is 2.65. The fraction of sp³-hybridized carbons (Fsp3) is 0.545. The molecule has 98 valence electrons. The Bertz CT molecular complexity index is 448. The maximum Gasteiger partial charge on any atom is 0.185 e. The van der Waals surface area contributed by atoms with E-state index in [1.165, 1.54) is 11.2 Å². The van der Waals surface area contributed by atoms with Gasteiger partial charge in [-0.2, -0.15) is 5.10 Å². The Morgan fingerprint density at radius 3 is 2.78 bits per heavy atom. The van der Waals surface area contributed by atoms with Gasteiger partial charge in [-0.25, -0.2) is 9.97 Å². The van der Waals surface area contributed by atoms with Crippen LogP contribution in [0, 0.1) is 0 Å². The van der Waals surface area contributed by atoms with Crippen molar-refractivity contribution in [3.05, 3.63) is 23.2 Å². The lowest BCUT2D eigenvalue weighted by Crippen LogP contribution is -2.21. The van der Waals surface area contributed by atoms with Gasteiger partial charge in [0.1, 0.15) is 12.2 Å². The van der Waals surface area contributed by atoms with Gasteiger partial charge < -0.3 is 10.2 Å². The molecule has 6 nitrogen and oxygen atoms in total. The first-order valence-corrected chi connectivity index (χ1v) is 6.89. The maximum atomic E-state index is 4.44. The summed E-state index contributed by atoms with van der Waals surface area (Å²) in [5, 5.41) is 11.0. The Morgan fingerprint density at radius 2 is 2.11 bits per heavy atom. The van der Waals surface area contributed by atoms with Crippen molar-refractivity contribution in [3.8, 4) is 0 Å². The van der Waals surface area contributed by atoms with Crippen molar-refractivity contribution in [2.45, 2.75) is 26.9 Å². The fourth-order valence-electron chi connectivity index (χ4n) is 1.64. The highest BCUT2D eigenvalue weighted by molar-refractivity contribution is 7.15. The van der Waals surface area contributed by atoms with Crippen LogP contribution < -0.4 is 10.2 Å². The van der Waals surface area contributed by atoms with Crippen LogP contribution in [0.5, 0.6) is 0 Å². The molecule has 0 bridgehead atoms. The van der Waals surface area contributed by atoms with Crippen LogP contribution in [0.3, 0.4) is 0 Å². The quantitative estimate of drug-likeness (QED) is 0.792. The molecule has 2 aromatic rings. The van der Waals surface area contributed by atoms with Crippen molar-refractivity contribution in [1.29, 1.82) is 0 Å². The molecular formula is C11H18N6S. The molecule has 0 spiro atoms. The van der Waals surface area contributed by atoms with Crippen LogP contribution in [0.25, 0.3) is 0 Å². The molecule has 0 aliphatic carbocycles. The Labute approximate surface area is 110 Å². The molecule has 2 heterocycles. The summed E-state index contributed by atoms with van der Waals surface area (Å²) in [6.45, 7) is 7.78. The highest BCUT2D eigenvalue weighted by Gasteiger charge is 2.07. The second kappa shape index (κ2) is 6.46. The minimum atomic E-state index is 0.693. The molecule has 0 atom stereocenters. The Hall–Kier alpha value is -1.47. The number of nitrogens with zero attached hydrogens (tertiary/aromatic N) is 4. The lowest BCUT2D eigenvalue weighted by atomic mass is 10.5. The van der Waals surface area contributed by atoms with Gasteiger partial charge in [0.15, 0.2) is 5.13 Å². The van der Waals surface area contributed by atoms with Gasteiger partial charge in [0.05, 0.1) is 6.54 Å². The first-order chi connectivity index (χ1) is 8.83. The van der Waals surface area contributed by atoms with Crippen LogP contribution in [-0.4, -0.2) is 33.3 Å². The number of hydrogen-bond donors (Lipinski definition) is 2. The zero-order chi connectivity index (χ0) is 12.8. The Balaban J connectivity index is 1.83. The molecular weight excluding hydrogens is 248 g/mol. The second-order valence-corrected chi connectivity index (χ2v) is 4.91. The van der Waals surface area contributed by atoms with Gasteiger partial charge >= 0.3 is 0 Å². The topological polar surface area (TPSA) is 69.7 Å². The number of hydrogen-bond acceptors (Lipinski definition) is 6. The van der Waals surface area contributed by atoms with Crippen LogP contribution in [0.15, 0.2) is 12.5 Å². The summed E-state index contributed by atoms with van der Waals surface area (Å²) >= 11 is 1.73. The van der Waals surface area contributed by atoms with E-state index in [4.69, 9.17) is 0 Å². The van der Waals surface area contributed by atoms with E-state index in [1.807, 2.05) is 6.20 Å². The molecule has 2 aromatic heterocycles. The third kappa shape index (κ3) is 3.27. The molecule has 0 aromatic carbocycles. The van der Waals surface area contributed by atoms with E-state index in [1.54, 1.807) is 11.3 Å². The number of aromatic amines is 1. The van der Waals surface area contributed by atoms with E-state index in [-0.39, 0.29) is 0 Å². The summed E-state index contributed by atoms with van der Waals surface area (Å²) in [6.07, 6.45) is 3.45. The molecule has 0 unspecified atom stereocenters. The van der Waals surface area contributed by atoms with Crippen LogP contribution in [-0.2, 0) is 13.1 Å². The van der Waals surface area contributed by atoms with E-state index >= 15 is 0 Å². The van der Waals surface area contributed by atoms with E-state index in [0.717, 1.165) is 30.6 Å². The highest BCUT2D eigenvalue weighted by atomic mass is 32.1. The van der Waals surface area contributed by atoms with Gasteiger partial charge in [0, 0.05) is 30.7 Å². The summed E-state index contributed by atoms with van der Waals surface area (Å²) < 4.78 is 0. The normalized spacial score (nSPS) is 10.8. The van der Waals surface area contributed by atoms with Gasteiger partial charge in [-0.05, 0) is 13.8 Å². The van der Waals surface area contributed by atoms with E-state index in [2.05, 4.69) is 44.2 Å². The Kier molecular flexibility index (Phi) is 4.66. The van der Waals surface area contributed by atoms with Crippen molar-refractivity contribution >= 4 is 16.5 Å². The standard InChI is InChI=1S/C11H18N6S/c1-3-17(4-2)11-13-6-9(18-11)5-12-7-10-14-8-15-16-10/h6,8,12H,3-5,7H2,1-2H3,(H,14,15,16). The molecule has 18 heavy (non-hydrogen) atoms. The predicted molar refractivity (Wildman–Crippen MR) is 72.6 cm³/mol. The number of nitrogens with one attached hydrogen (secondary N) is 2. The average Bonchev–Trinajstić information content (AvgIpc) is 3.03. The lowest BCUT2D eigenvalue weighted by Gasteiger charge is -2.16. The zero-order valence-corrected chi connectivity index (χ0v) is 11.5. The Morgan fingerprint density at radius 1 is 1.28 bits per heavy atom.